The number of aryl methyl sites for hydroxylation is 1. The molecule has 1 aliphatic heterocycles. The summed E-state index contributed by atoms with van der Waals surface area (Å²) in [6, 6.07) is 0. The summed E-state index contributed by atoms with van der Waals surface area (Å²) in [5.74, 6) is 1.49. The Morgan fingerprint density at radius 2 is 2.44 bits per heavy atom. The van der Waals surface area contributed by atoms with E-state index in [0.29, 0.717) is 11.8 Å². The Morgan fingerprint density at radius 3 is 3.06 bits per heavy atom. The van der Waals surface area contributed by atoms with Gasteiger partial charge < -0.3 is 4.90 Å². The second-order valence-electron chi connectivity index (χ2n) is 4.35. The zero-order valence-electron chi connectivity index (χ0n) is 9.41. The van der Waals surface area contributed by atoms with Crippen molar-refractivity contribution in [1.29, 1.82) is 0 Å². The summed E-state index contributed by atoms with van der Waals surface area (Å²) in [7, 11) is 0. The number of amides is 1. The van der Waals surface area contributed by atoms with Gasteiger partial charge in [0.2, 0.25) is 0 Å². The lowest BCUT2D eigenvalue weighted by Crippen LogP contribution is -2.28. The van der Waals surface area contributed by atoms with Crippen LogP contribution in [0.5, 0.6) is 0 Å². The predicted octanol–water partition coefficient (Wildman–Crippen LogP) is 3.15. The van der Waals surface area contributed by atoms with E-state index in [2.05, 4.69) is 0 Å². The van der Waals surface area contributed by atoms with Crippen molar-refractivity contribution in [1.82, 2.24) is 4.90 Å². The number of alkyl halides is 1. The van der Waals surface area contributed by atoms with Gasteiger partial charge in [0.25, 0.3) is 5.91 Å². The molecule has 1 aromatic rings. The lowest BCUT2D eigenvalue weighted by atomic mass is 10.1. The maximum atomic E-state index is 12.2. The van der Waals surface area contributed by atoms with Crippen molar-refractivity contribution < 1.29 is 4.79 Å². The van der Waals surface area contributed by atoms with Crippen molar-refractivity contribution in [3.05, 3.63) is 21.9 Å². The molecule has 0 spiro atoms. The summed E-state index contributed by atoms with van der Waals surface area (Å²) >= 11 is 7.33. The summed E-state index contributed by atoms with van der Waals surface area (Å²) in [5.41, 5.74) is 1.97. The lowest BCUT2D eigenvalue weighted by molar-refractivity contribution is 0.0787. The Hall–Kier alpha value is -0.540. The topological polar surface area (TPSA) is 20.3 Å². The van der Waals surface area contributed by atoms with Gasteiger partial charge in [0.1, 0.15) is 0 Å². The van der Waals surface area contributed by atoms with Crippen LogP contribution in [0.4, 0.5) is 0 Å². The van der Waals surface area contributed by atoms with E-state index in [9.17, 15) is 4.79 Å². The highest BCUT2D eigenvalue weighted by Gasteiger charge is 2.27. The molecule has 1 aliphatic rings. The predicted molar refractivity (Wildman–Crippen MR) is 68.4 cm³/mol. The van der Waals surface area contributed by atoms with Crippen LogP contribution in [0.15, 0.2) is 10.8 Å². The number of rotatable bonds is 3. The standard InChI is InChI=1S/C12H16ClNOS/c1-9-7-16-8-11(9)12(15)14-5-3-10(6-14)2-4-13/h7-8,10H,2-6H2,1H3. The first-order valence-corrected chi connectivity index (χ1v) is 7.08. The van der Waals surface area contributed by atoms with Gasteiger partial charge in [0.05, 0.1) is 5.56 Å². The van der Waals surface area contributed by atoms with Gasteiger partial charge in [0.15, 0.2) is 0 Å². The highest BCUT2D eigenvalue weighted by Crippen LogP contribution is 2.23. The monoisotopic (exact) mass is 257 g/mol. The summed E-state index contributed by atoms with van der Waals surface area (Å²) in [6.07, 6.45) is 2.12. The first kappa shape index (κ1) is 11.9. The number of nitrogens with zero attached hydrogens (tertiary/aromatic N) is 1. The molecule has 0 aromatic carbocycles. The number of hydrogen-bond acceptors (Lipinski definition) is 2. The Balaban J connectivity index is 2.00. The van der Waals surface area contributed by atoms with E-state index < -0.39 is 0 Å². The number of carbonyl (C=O) groups excluding carboxylic acids is 1. The molecular weight excluding hydrogens is 242 g/mol. The Bertz CT molecular complexity index is 377. The molecule has 0 aliphatic carbocycles. The van der Waals surface area contributed by atoms with Crippen molar-refractivity contribution in [3.63, 3.8) is 0 Å². The average Bonchev–Trinajstić information content (AvgIpc) is 2.87. The highest BCUT2D eigenvalue weighted by molar-refractivity contribution is 7.08. The third-order valence-electron chi connectivity index (χ3n) is 3.18. The zero-order valence-corrected chi connectivity index (χ0v) is 11.0. The van der Waals surface area contributed by atoms with Crippen LogP contribution < -0.4 is 0 Å². The summed E-state index contributed by atoms with van der Waals surface area (Å²) in [4.78, 5) is 14.1. The van der Waals surface area contributed by atoms with Gasteiger partial charge in [-0.25, -0.2) is 0 Å². The van der Waals surface area contributed by atoms with Crippen molar-refractivity contribution >= 4 is 28.8 Å². The van der Waals surface area contributed by atoms with E-state index in [1.54, 1.807) is 11.3 Å². The molecule has 1 amide bonds. The molecule has 1 fully saturated rings. The molecule has 88 valence electrons. The Morgan fingerprint density at radius 1 is 1.62 bits per heavy atom. The third-order valence-corrected chi connectivity index (χ3v) is 4.26. The van der Waals surface area contributed by atoms with E-state index >= 15 is 0 Å². The van der Waals surface area contributed by atoms with Crippen LogP contribution >= 0.6 is 22.9 Å². The molecule has 1 unspecified atom stereocenters. The Kier molecular flexibility index (Phi) is 3.87. The van der Waals surface area contributed by atoms with Gasteiger partial charge >= 0.3 is 0 Å². The summed E-state index contributed by atoms with van der Waals surface area (Å²) in [5, 5.41) is 3.98. The fourth-order valence-corrected chi connectivity index (χ4v) is 3.29. The van der Waals surface area contributed by atoms with Gasteiger partial charge in [-0.05, 0) is 36.6 Å². The molecule has 0 saturated carbocycles. The Labute approximate surface area is 105 Å². The molecule has 2 heterocycles. The summed E-state index contributed by atoms with van der Waals surface area (Å²) in [6.45, 7) is 3.76. The second kappa shape index (κ2) is 5.19. The minimum atomic E-state index is 0.191. The molecule has 2 nitrogen and oxygen atoms in total. The van der Waals surface area contributed by atoms with Gasteiger partial charge in [0, 0.05) is 24.3 Å². The molecule has 0 bridgehead atoms. The van der Waals surface area contributed by atoms with E-state index in [1.165, 1.54) is 0 Å². The first-order valence-electron chi connectivity index (χ1n) is 5.60. The van der Waals surface area contributed by atoms with Gasteiger partial charge in [-0.2, -0.15) is 11.3 Å². The van der Waals surface area contributed by atoms with E-state index in [1.807, 2.05) is 22.6 Å². The normalized spacial score (nSPS) is 20.4. The smallest absolute Gasteiger partial charge is 0.254 e. The van der Waals surface area contributed by atoms with Crippen molar-refractivity contribution in [2.45, 2.75) is 19.8 Å². The minimum absolute atomic E-state index is 0.191. The maximum absolute atomic E-state index is 12.2. The van der Waals surface area contributed by atoms with Crippen LogP contribution in [0.3, 0.4) is 0 Å². The third kappa shape index (κ3) is 2.41. The van der Waals surface area contributed by atoms with E-state index in [0.717, 1.165) is 37.1 Å². The maximum Gasteiger partial charge on any atom is 0.254 e. The van der Waals surface area contributed by atoms with Crippen LogP contribution in [0.25, 0.3) is 0 Å². The molecule has 1 atom stereocenters. The molecule has 0 radical (unpaired) electrons. The summed E-state index contributed by atoms with van der Waals surface area (Å²) < 4.78 is 0. The molecule has 16 heavy (non-hydrogen) atoms. The molecule has 0 N–H and O–H groups in total. The highest BCUT2D eigenvalue weighted by atomic mass is 35.5. The van der Waals surface area contributed by atoms with Crippen molar-refractivity contribution in [3.8, 4) is 0 Å². The number of thiophene rings is 1. The van der Waals surface area contributed by atoms with Crippen LogP contribution in [-0.2, 0) is 0 Å². The van der Waals surface area contributed by atoms with Gasteiger partial charge in [-0.1, -0.05) is 0 Å². The average molecular weight is 258 g/mol. The van der Waals surface area contributed by atoms with Crippen LogP contribution in [-0.4, -0.2) is 29.8 Å². The molecular formula is C12H16ClNOS. The second-order valence-corrected chi connectivity index (χ2v) is 5.47. The van der Waals surface area contributed by atoms with E-state index in [-0.39, 0.29) is 5.91 Å². The number of carbonyl (C=O) groups is 1. The first-order chi connectivity index (χ1) is 7.72. The number of hydrogen-bond donors (Lipinski definition) is 0. The molecule has 1 saturated heterocycles. The quantitative estimate of drug-likeness (QED) is 0.762. The van der Waals surface area contributed by atoms with Crippen molar-refractivity contribution in [2.24, 2.45) is 5.92 Å². The largest absolute Gasteiger partial charge is 0.338 e. The van der Waals surface area contributed by atoms with Crippen LogP contribution in [0, 0.1) is 12.8 Å². The van der Waals surface area contributed by atoms with Crippen molar-refractivity contribution in [2.75, 3.05) is 19.0 Å². The van der Waals surface area contributed by atoms with Crippen LogP contribution in [0.1, 0.15) is 28.8 Å². The van der Waals surface area contributed by atoms with Gasteiger partial charge in [-0.15, -0.1) is 11.6 Å². The zero-order chi connectivity index (χ0) is 11.5. The van der Waals surface area contributed by atoms with E-state index in [4.69, 9.17) is 11.6 Å². The lowest BCUT2D eigenvalue weighted by Gasteiger charge is -2.16. The molecule has 4 heteroatoms. The van der Waals surface area contributed by atoms with Gasteiger partial charge in [-0.3, -0.25) is 4.79 Å². The fraction of sp³-hybridized carbons (Fsp3) is 0.583. The number of halogens is 1. The number of likely N-dealkylation sites (tertiary alicyclic amines) is 1. The molecule has 1 aromatic heterocycles. The molecule has 2 rings (SSSR count). The van der Waals surface area contributed by atoms with Crippen LogP contribution in [0.2, 0.25) is 0 Å². The fourth-order valence-electron chi connectivity index (χ4n) is 2.16. The SMILES string of the molecule is Cc1cscc1C(=O)N1CCC(CCCl)C1. The minimum Gasteiger partial charge on any atom is -0.338 e.